The predicted molar refractivity (Wildman–Crippen MR) is 98.6 cm³/mol. The molecule has 0 amide bonds. The fraction of sp³-hybridized carbons (Fsp3) is 0.750. The van der Waals surface area contributed by atoms with Gasteiger partial charge in [-0.15, -0.1) is 12.4 Å². The molecule has 0 bridgehead atoms. The maximum Gasteiger partial charge on any atom is 0.212 e. The van der Waals surface area contributed by atoms with Crippen LogP contribution in [0.2, 0.25) is 0 Å². The van der Waals surface area contributed by atoms with Crippen LogP contribution in [0.15, 0.2) is 0 Å². The second kappa shape index (κ2) is 6.67. The molecule has 0 aliphatic carbocycles. The van der Waals surface area contributed by atoms with Crippen LogP contribution in [0, 0.1) is 12.3 Å². The topological polar surface area (TPSA) is 59.5 Å². The molecule has 0 spiro atoms. The molecule has 130 valence electrons. The molecule has 23 heavy (non-hydrogen) atoms. The van der Waals surface area contributed by atoms with Crippen molar-refractivity contribution in [1.29, 1.82) is 0 Å². The molecule has 1 fully saturated rings. The molecular formula is C16H28ClN5S. The SMILES string of the molecule is Cc1nn2c(CN3CCC(N)C(C)(C)C3)c(C(C)C)nc2s1.Cl. The van der Waals surface area contributed by atoms with Gasteiger partial charge in [-0.2, -0.15) is 5.10 Å². The minimum atomic E-state index is 0. The van der Waals surface area contributed by atoms with Gasteiger partial charge in [0.25, 0.3) is 0 Å². The summed E-state index contributed by atoms with van der Waals surface area (Å²) in [4.78, 5) is 8.34. The number of nitrogens with zero attached hydrogens (tertiary/aromatic N) is 4. The molecule has 1 saturated heterocycles. The smallest absolute Gasteiger partial charge is 0.212 e. The third-order valence-corrected chi connectivity index (χ3v) is 5.56. The van der Waals surface area contributed by atoms with Crippen molar-refractivity contribution < 1.29 is 0 Å². The average molecular weight is 358 g/mol. The zero-order valence-electron chi connectivity index (χ0n) is 14.7. The lowest BCUT2D eigenvalue weighted by atomic mass is 9.79. The van der Waals surface area contributed by atoms with Gasteiger partial charge in [0.15, 0.2) is 0 Å². The number of hydrogen-bond donors (Lipinski definition) is 1. The molecule has 7 heteroatoms. The van der Waals surface area contributed by atoms with Gasteiger partial charge in [-0.25, -0.2) is 9.50 Å². The first-order chi connectivity index (χ1) is 10.3. The fourth-order valence-electron chi connectivity index (χ4n) is 3.34. The highest BCUT2D eigenvalue weighted by molar-refractivity contribution is 7.16. The Morgan fingerprint density at radius 1 is 1.39 bits per heavy atom. The number of aromatic nitrogens is 3. The van der Waals surface area contributed by atoms with E-state index in [1.807, 2.05) is 6.92 Å². The van der Waals surface area contributed by atoms with E-state index in [1.165, 1.54) is 11.4 Å². The largest absolute Gasteiger partial charge is 0.327 e. The third kappa shape index (κ3) is 3.55. The maximum absolute atomic E-state index is 6.27. The number of nitrogens with two attached hydrogens (primary N) is 1. The number of piperidine rings is 1. The van der Waals surface area contributed by atoms with Crippen LogP contribution >= 0.6 is 23.7 Å². The molecule has 3 heterocycles. The highest BCUT2D eigenvalue weighted by Gasteiger charge is 2.34. The quantitative estimate of drug-likeness (QED) is 0.916. The number of fused-ring (bicyclic) bond motifs is 1. The Balaban J connectivity index is 0.00000192. The van der Waals surface area contributed by atoms with E-state index in [0.717, 1.165) is 36.0 Å². The Bertz CT molecular complexity index is 675. The molecule has 2 aromatic heterocycles. The van der Waals surface area contributed by atoms with Crippen molar-refractivity contribution in [3.05, 3.63) is 16.4 Å². The van der Waals surface area contributed by atoms with Crippen LogP contribution in [-0.2, 0) is 6.54 Å². The van der Waals surface area contributed by atoms with Gasteiger partial charge in [-0.05, 0) is 24.7 Å². The highest BCUT2D eigenvalue weighted by atomic mass is 35.5. The van der Waals surface area contributed by atoms with Crippen molar-refractivity contribution in [1.82, 2.24) is 19.5 Å². The van der Waals surface area contributed by atoms with Gasteiger partial charge in [0.05, 0.1) is 11.4 Å². The predicted octanol–water partition coefficient (Wildman–Crippen LogP) is 3.20. The van der Waals surface area contributed by atoms with Crippen molar-refractivity contribution in [2.45, 2.75) is 59.5 Å². The van der Waals surface area contributed by atoms with Gasteiger partial charge in [-0.3, -0.25) is 4.90 Å². The summed E-state index contributed by atoms with van der Waals surface area (Å²) >= 11 is 1.67. The molecule has 1 aliphatic rings. The molecule has 2 aromatic rings. The molecule has 2 N–H and O–H groups in total. The van der Waals surface area contributed by atoms with Crippen LogP contribution < -0.4 is 5.73 Å². The lowest BCUT2D eigenvalue weighted by Gasteiger charge is -2.42. The van der Waals surface area contributed by atoms with E-state index in [0.29, 0.717) is 12.0 Å². The minimum Gasteiger partial charge on any atom is -0.327 e. The molecule has 1 atom stereocenters. The van der Waals surface area contributed by atoms with Crippen LogP contribution in [0.3, 0.4) is 0 Å². The first kappa shape index (κ1) is 18.6. The molecule has 3 rings (SSSR count). The Morgan fingerprint density at radius 3 is 2.70 bits per heavy atom. The number of aryl methyl sites for hydroxylation is 1. The van der Waals surface area contributed by atoms with Gasteiger partial charge in [0, 0.05) is 25.7 Å². The molecule has 0 aromatic carbocycles. The lowest BCUT2D eigenvalue weighted by Crippen LogP contribution is -2.52. The average Bonchev–Trinajstić information content (AvgIpc) is 2.91. The Kier molecular flexibility index (Phi) is 5.41. The van der Waals surface area contributed by atoms with Crippen LogP contribution in [0.1, 0.15) is 56.4 Å². The van der Waals surface area contributed by atoms with E-state index in [9.17, 15) is 0 Å². The van der Waals surface area contributed by atoms with Gasteiger partial charge in [0.2, 0.25) is 4.96 Å². The Morgan fingerprint density at radius 2 is 2.09 bits per heavy atom. The van der Waals surface area contributed by atoms with Crippen LogP contribution in [0.5, 0.6) is 0 Å². The minimum absolute atomic E-state index is 0. The number of likely N-dealkylation sites (tertiary alicyclic amines) is 1. The molecule has 1 unspecified atom stereocenters. The molecule has 1 aliphatic heterocycles. The van der Waals surface area contributed by atoms with Gasteiger partial charge in [-0.1, -0.05) is 39.0 Å². The van der Waals surface area contributed by atoms with Crippen LogP contribution in [0.25, 0.3) is 4.96 Å². The summed E-state index contributed by atoms with van der Waals surface area (Å²) in [6.07, 6.45) is 1.06. The van der Waals surface area contributed by atoms with Crippen molar-refractivity contribution in [2.75, 3.05) is 13.1 Å². The van der Waals surface area contributed by atoms with E-state index in [2.05, 4.69) is 42.2 Å². The molecular weight excluding hydrogens is 330 g/mol. The van der Waals surface area contributed by atoms with E-state index >= 15 is 0 Å². The summed E-state index contributed by atoms with van der Waals surface area (Å²) in [6, 6.07) is 0.292. The highest BCUT2D eigenvalue weighted by Crippen LogP contribution is 2.30. The molecule has 5 nitrogen and oxygen atoms in total. The third-order valence-electron chi connectivity index (χ3n) is 4.74. The van der Waals surface area contributed by atoms with E-state index in [4.69, 9.17) is 10.7 Å². The summed E-state index contributed by atoms with van der Waals surface area (Å²) < 4.78 is 2.05. The number of rotatable bonds is 3. The standard InChI is InChI=1S/C16H27N5S.ClH/c1-10(2)14-12(21-15(18-14)22-11(3)19-21)8-20-7-6-13(17)16(4,5)9-20;/h10,13H,6-9,17H2,1-5H3;1H. The zero-order chi connectivity index (χ0) is 16.1. The fourth-order valence-corrected chi connectivity index (χ4v) is 4.11. The lowest BCUT2D eigenvalue weighted by molar-refractivity contribution is 0.0882. The van der Waals surface area contributed by atoms with Crippen LogP contribution in [0.4, 0.5) is 0 Å². The maximum atomic E-state index is 6.27. The monoisotopic (exact) mass is 357 g/mol. The van der Waals surface area contributed by atoms with Crippen LogP contribution in [-0.4, -0.2) is 38.6 Å². The summed E-state index contributed by atoms with van der Waals surface area (Å²) in [5.74, 6) is 0.421. The number of imidazole rings is 1. The van der Waals surface area contributed by atoms with E-state index in [-0.39, 0.29) is 17.8 Å². The summed E-state index contributed by atoms with van der Waals surface area (Å²) in [7, 11) is 0. The Labute approximate surface area is 148 Å². The second-order valence-corrected chi connectivity index (χ2v) is 8.67. The zero-order valence-corrected chi connectivity index (χ0v) is 16.3. The normalized spacial score (nSPS) is 21.8. The number of hydrogen-bond acceptors (Lipinski definition) is 5. The van der Waals surface area contributed by atoms with Gasteiger partial charge in [0.1, 0.15) is 5.01 Å². The number of halogens is 1. The van der Waals surface area contributed by atoms with Crippen molar-refractivity contribution in [3.8, 4) is 0 Å². The van der Waals surface area contributed by atoms with Crippen molar-refractivity contribution in [2.24, 2.45) is 11.1 Å². The van der Waals surface area contributed by atoms with Crippen molar-refractivity contribution >= 4 is 28.7 Å². The first-order valence-electron chi connectivity index (χ1n) is 8.11. The van der Waals surface area contributed by atoms with Gasteiger partial charge >= 0.3 is 0 Å². The van der Waals surface area contributed by atoms with Crippen molar-refractivity contribution in [3.63, 3.8) is 0 Å². The first-order valence-corrected chi connectivity index (χ1v) is 8.92. The summed E-state index contributed by atoms with van der Waals surface area (Å²) in [5, 5.41) is 5.72. The molecule has 0 saturated carbocycles. The Hall–Kier alpha value is -0.690. The summed E-state index contributed by atoms with van der Waals surface area (Å²) in [5.41, 5.74) is 8.87. The van der Waals surface area contributed by atoms with E-state index < -0.39 is 0 Å². The van der Waals surface area contributed by atoms with Gasteiger partial charge < -0.3 is 5.73 Å². The second-order valence-electron chi connectivity index (χ2n) is 7.51. The molecule has 0 radical (unpaired) electrons. The van der Waals surface area contributed by atoms with E-state index in [1.54, 1.807) is 11.3 Å². The summed E-state index contributed by atoms with van der Waals surface area (Å²) in [6.45, 7) is 14.0.